The molecule has 0 radical (unpaired) electrons. The summed E-state index contributed by atoms with van der Waals surface area (Å²) in [7, 11) is 0. The Balaban J connectivity index is 1.45. The van der Waals surface area contributed by atoms with E-state index in [9.17, 15) is 14.4 Å². The summed E-state index contributed by atoms with van der Waals surface area (Å²) in [5, 5.41) is 0.621. The number of carbonyl (C=O) groups excluding carboxylic acids is 3. The van der Waals surface area contributed by atoms with Crippen molar-refractivity contribution in [1.82, 2.24) is 4.90 Å². The molecule has 0 fully saturated rings. The molecule has 1 aliphatic rings. The number of imide groups is 1. The molecule has 0 N–H and O–H groups in total. The fraction of sp³-hybridized carbons (Fsp3) is 0.211. The maximum absolute atomic E-state index is 12.2. The van der Waals surface area contributed by atoms with E-state index in [0.29, 0.717) is 22.6 Å². The van der Waals surface area contributed by atoms with Crippen LogP contribution in [-0.2, 0) is 16.1 Å². The molecule has 128 valence electrons. The van der Waals surface area contributed by atoms with E-state index in [1.54, 1.807) is 48.5 Å². The van der Waals surface area contributed by atoms with Crippen LogP contribution in [0.5, 0.6) is 0 Å². The van der Waals surface area contributed by atoms with Crippen molar-refractivity contribution in [3.8, 4) is 0 Å². The second kappa shape index (κ2) is 7.49. The zero-order valence-electron chi connectivity index (χ0n) is 13.4. The number of esters is 1. The minimum Gasteiger partial charge on any atom is -0.461 e. The lowest BCUT2D eigenvalue weighted by Crippen LogP contribution is -2.31. The fourth-order valence-corrected chi connectivity index (χ4v) is 2.77. The molecule has 2 aromatic rings. The molecule has 0 saturated carbocycles. The van der Waals surface area contributed by atoms with E-state index in [1.165, 1.54) is 4.90 Å². The molecule has 0 aliphatic carbocycles. The number of hydrogen-bond acceptors (Lipinski definition) is 4. The Morgan fingerprint density at radius 2 is 1.56 bits per heavy atom. The van der Waals surface area contributed by atoms with Crippen molar-refractivity contribution in [2.75, 3.05) is 6.54 Å². The number of ether oxygens (including phenoxy) is 1. The Hall–Kier alpha value is -2.66. The first kappa shape index (κ1) is 17.2. The highest BCUT2D eigenvalue weighted by Crippen LogP contribution is 2.22. The van der Waals surface area contributed by atoms with Crippen molar-refractivity contribution in [3.63, 3.8) is 0 Å². The van der Waals surface area contributed by atoms with E-state index < -0.39 is 0 Å². The van der Waals surface area contributed by atoms with Crippen LogP contribution in [0, 0.1) is 0 Å². The minimum atomic E-state index is -0.369. The molecule has 25 heavy (non-hydrogen) atoms. The molecule has 2 amide bonds. The first-order valence-corrected chi connectivity index (χ1v) is 8.29. The van der Waals surface area contributed by atoms with E-state index in [-0.39, 0.29) is 37.4 Å². The van der Waals surface area contributed by atoms with Gasteiger partial charge in [-0.25, -0.2) is 0 Å². The van der Waals surface area contributed by atoms with Gasteiger partial charge in [-0.1, -0.05) is 35.9 Å². The van der Waals surface area contributed by atoms with Gasteiger partial charge in [0, 0.05) is 18.0 Å². The Labute approximate surface area is 150 Å². The van der Waals surface area contributed by atoms with Crippen LogP contribution in [0.1, 0.15) is 39.1 Å². The van der Waals surface area contributed by atoms with Crippen molar-refractivity contribution in [2.45, 2.75) is 19.4 Å². The number of fused-ring (bicyclic) bond motifs is 1. The van der Waals surface area contributed by atoms with Crippen LogP contribution in [0.3, 0.4) is 0 Å². The second-order valence-corrected chi connectivity index (χ2v) is 6.13. The predicted octanol–water partition coefficient (Wildman–Crippen LogP) is 3.46. The van der Waals surface area contributed by atoms with Gasteiger partial charge in [0.2, 0.25) is 0 Å². The maximum atomic E-state index is 12.2. The standard InChI is InChI=1S/C19H16ClNO4/c20-14-9-7-13(8-10-14)12-25-17(22)6-3-11-21-18(23)15-4-1-2-5-16(15)19(21)24/h1-2,4-5,7-10H,3,6,11-12H2. The van der Waals surface area contributed by atoms with E-state index >= 15 is 0 Å². The van der Waals surface area contributed by atoms with Crippen LogP contribution in [0.15, 0.2) is 48.5 Å². The third-order valence-electron chi connectivity index (χ3n) is 3.95. The minimum absolute atomic E-state index is 0.140. The fourth-order valence-electron chi connectivity index (χ4n) is 2.64. The molecule has 0 unspecified atom stereocenters. The Morgan fingerprint density at radius 3 is 2.16 bits per heavy atom. The highest BCUT2D eigenvalue weighted by molar-refractivity contribution is 6.30. The molecule has 1 aliphatic heterocycles. The average Bonchev–Trinajstić information content (AvgIpc) is 2.86. The van der Waals surface area contributed by atoms with Crippen molar-refractivity contribution in [2.24, 2.45) is 0 Å². The van der Waals surface area contributed by atoms with Crippen LogP contribution in [-0.4, -0.2) is 29.2 Å². The van der Waals surface area contributed by atoms with E-state index in [4.69, 9.17) is 16.3 Å². The molecule has 3 rings (SSSR count). The van der Waals surface area contributed by atoms with E-state index in [0.717, 1.165) is 5.56 Å². The number of nitrogens with zero attached hydrogens (tertiary/aromatic N) is 1. The second-order valence-electron chi connectivity index (χ2n) is 5.70. The summed E-state index contributed by atoms with van der Waals surface area (Å²) >= 11 is 5.79. The number of carbonyl (C=O) groups is 3. The Bertz CT molecular complexity index is 781. The summed E-state index contributed by atoms with van der Waals surface area (Å²) < 4.78 is 5.18. The van der Waals surface area contributed by atoms with Crippen LogP contribution >= 0.6 is 11.6 Å². The molecule has 5 nitrogen and oxygen atoms in total. The van der Waals surface area contributed by atoms with Gasteiger partial charge >= 0.3 is 5.97 Å². The summed E-state index contributed by atoms with van der Waals surface area (Å²) in [5.41, 5.74) is 1.67. The average molecular weight is 358 g/mol. The number of rotatable bonds is 6. The van der Waals surface area contributed by atoms with Gasteiger partial charge in [0.1, 0.15) is 6.61 Å². The number of benzene rings is 2. The van der Waals surface area contributed by atoms with Crippen LogP contribution in [0.4, 0.5) is 0 Å². The summed E-state index contributed by atoms with van der Waals surface area (Å²) in [5.74, 6) is -0.989. The molecule has 1 heterocycles. The molecule has 0 saturated heterocycles. The molecule has 2 aromatic carbocycles. The van der Waals surface area contributed by atoms with Crippen LogP contribution < -0.4 is 0 Å². The molecule has 0 bridgehead atoms. The zero-order valence-corrected chi connectivity index (χ0v) is 14.2. The van der Waals surface area contributed by atoms with Gasteiger partial charge in [-0.3, -0.25) is 19.3 Å². The predicted molar refractivity (Wildman–Crippen MR) is 92.3 cm³/mol. The normalized spacial score (nSPS) is 13.1. The summed E-state index contributed by atoms with van der Waals surface area (Å²) in [6, 6.07) is 13.7. The molecule has 0 spiro atoms. The largest absolute Gasteiger partial charge is 0.461 e. The SMILES string of the molecule is O=C(CCCN1C(=O)c2ccccc2C1=O)OCc1ccc(Cl)cc1. The molecule has 0 atom stereocenters. The Kier molecular flexibility index (Phi) is 5.14. The van der Waals surface area contributed by atoms with Crippen LogP contribution in [0.2, 0.25) is 5.02 Å². The van der Waals surface area contributed by atoms with Crippen LogP contribution in [0.25, 0.3) is 0 Å². The quantitative estimate of drug-likeness (QED) is 0.586. The topological polar surface area (TPSA) is 63.7 Å². The first-order valence-electron chi connectivity index (χ1n) is 7.91. The third kappa shape index (κ3) is 3.88. The summed E-state index contributed by atoms with van der Waals surface area (Å²) in [4.78, 5) is 37.4. The van der Waals surface area contributed by atoms with Crippen molar-refractivity contribution in [1.29, 1.82) is 0 Å². The van der Waals surface area contributed by atoms with Gasteiger partial charge < -0.3 is 4.74 Å². The Morgan fingerprint density at radius 1 is 0.960 bits per heavy atom. The van der Waals surface area contributed by atoms with Gasteiger partial charge in [0.05, 0.1) is 11.1 Å². The van der Waals surface area contributed by atoms with Crippen molar-refractivity contribution in [3.05, 3.63) is 70.2 Å². The van der Waals surface area contributed by atoms with Crippen molar-refractivity contribution >= 4 is 29.4 Å². The third-order valence-corrected chi connectivity index (χ3v) is 4.21. The van der Waals surface area contributed by atoms with Gasteiger partial charge in [0.25, 0.3) is 11.8 Å². The van der Waals surface area contributed by atoms with E-state index in [1.807, 2.05) is 0 Å². The molecule has 0 aromatic heterocycles. The highest BCUT2D eigenvalue weighted by Gasteiger charge is 2.34. The zero-order chi connectivity index (χ0) is 17.8. The first-order chi connectivity index (χ1) is 12.1. The maximum Gasteiger partial charge on any atom is 0.306 e. The van der Waals surface area contributed by atoms with Gasteiger partial charge in [-0.05, 0) is 36.2 Å². The lowest BCUT2D eigenvalue weighted by Gasteiger charge is -2.13. The molecule has 6 heteroatoms. The van der Waals surface area contributed by atoms with E-state index in [2.05, 4.69) is 0 Å². The lowest BCUT2D eigenvalue weighted by molar-refractivity contribution is -0.145. The summed E-state index contributed by atoms with van der Waals surface area (Å²) in [6.45, 7) is 0.366. The molecular weight excluding hydrogens is 342 g/mol. The number of hydrogen-bond donors (Lipinski definition) is 0. The van der Waals surface area contributed by atoms with Gasteiger partial charge in [0.15, 0.2) is 0 Å². The lowest BCUT2D eigenvalue weighted by atomic mass is 10.1. The van der Waals surface area contributed by atoms with Crippen molar-refractivity contribution < 1.29 is 19.1 Å². The summed E-state index contributed by atoms with van der Waals surface area (Å²) in [6.07, 6.45) is 0.506. The number of amides is 2. The number of halogens is 1. The molecular formula is C19H16ClNO4. The smallest absolute Gasteiger partial charge is 0.306 e. The monoisotopic (exact) mass is 357 g/mol. The highest BCUT2D eigenvalue weighted by atomic mass is 35.5. The van der Waals surface area contributed by atoms with Gasteiger partial charge in [-0.15, -0.1) is 0 Å². The van der Waals surface area contributed by atoms with Gasteiger partial charge in [-0.2, -0.15) is 0 Å².